The molecule has 0 N–H and O–H groups in total. The van der Waals surface area contributed by atoms with Crippen molar-refractivity contribution in [2.75, 3.05) is 40.9 Å². The lowest BCUT2D eigenvalue weighted by Crippen LogP contribution is -2.54. The van der Waals surface area contributed by atoms with E-state index in [2.05, 4.69) is 23.9 Å². The van der Waals surface area contributed by atoms with Crippen LogP contribution in [0.2, 0.25) is 0 Å². The van der Waals surface area contributed by atoms with Gasteiger partial charge in [-0.1, -0.05) is 12.8 Å². The van der Waals surface area contributed by atoms with Crippen molar-refractivity contribution in [2.45, 2.75) is 50.5 Å². The third-order valence-electron chi connectivity index (χ3n) is 5.43. The lowest BCUT2D eigenvalue weighted by molar-refractivity contribution is -0.138. The van der Waals surface area contributed by atoms with E-state index in [1.54, 1.807) is 7.11 Å². The van der Waals surface area contributed by atoms with Crippen LogP contribution in [0, 0.1) is 5.92 Å². The van der Waals surface area contributed by atoms with E-state index in [4.69, 9.17) is 4.74 Å². The first-order valence-electron chi connectivity index (χ1n) is 8.04. The van der Waals surface area contributed by atoms with Crippen molar-refractivity contribution in [1.82, 2.24) is 9.80 Å². The number of hydrogen-bond donors (Lipinski definition) is 0. The molecule has 0 unspecified atom stereocenters. The number of piperidine rings is 1. The van der Waals surface area contributed by atoms with Gasteiger partial charge in [0.1, 0.15) is 0 Å². The molecule has 1 aliphatic carbocycles. The molecule has 2 rings (SSSR count). The van der Waals surface area contributed by atoms with Crippen LogP contribution in [-0.4, -0.2) is 62.1 Å². The van der Waals surface area contributed by atoms with Crippen LogP contribution in [0.4, 0.5) is 0 Å². The van der Waals surface area contributed by atoms with Gasteiger partial charge in [0.05, 0.1) is 0 Å². The molecule has 0 aromatic rings. The fourth-order valence-electron chi connectivity index (χ4n) is 3.79. The van der Waals surface area contributed by atoms with Crippen LogP contribution in [-0.2, 0) is 9.53 Å². The summed E-state index contributed by atoms with van der Waals surface area (Å²) < 4.78 is 5.27. The molecule has 1 heterocycles. The van der Waals surface area contributed by atoms with Gasteiger partial charge in [-0.15, -0.1) is 0 Å². The Labute approximate surface area is 123 Å². The zero-order valence-electron chi connectivity index (χ0n) is 13.4. The van der Waals surface area contributed by atoms with Gasteiger partial charge in [-0.2, -0.15) is 0 Å². The Hall–Kier alpha value is -0.610. The third-order valence-corrected chi connectivity index (χ3v) is 5.43. The summed E-state index contributed by atoms with van der Waals surface area (Å²) >= 11 is 0. The molecule has 1 saturated carbocycles. The van der Waals surface area contributed by atoms with E-state index < -0.39 is 0 Å². The minimum atomic E-state index is 0.211. The topological polar surface area (TPSA) is 32.8 Å². The van der Waals surface area contributed by atoms with Crippen LogP contribution in [0.1, 0.15) is 44.9 Å². The van der Waals surface area contributed by atoms with E-state index in [-0.39, 0.29) is 5.54 Å². The average molecular weight is 282 g/mol. The number of amides is 1. The maximum absolute atomic E-state index is 12.5. The van der Waals surface area contributed by atoms with Crippen molar-refractivity contribution < 1.29 is 9.53 Å². The van der Waals surface area contributed by atoms with E-state index >= 15 is 0 Å². The summed E-state index contributed by atoms with van der Waals surface area (Å²) in [7, 11) is 6.08. The maximum Gasteiger partial charge on any atom is 0.225 e. The molecule has 2 fully saturated rings. The Balaban J connectivity index is 1.90. The molecule has 0 aromatic heterocycles. The molecule has 20 heavy (non-hydrogen) atoms. The zero-order valence-corrected chi connectivity index (χ0v) is 13.4. The SMILES string of the molecule is COCCC1(N(C)C)CCN(C(=O)C2CCCC2)CC1. The Bertz CT molecular complexity index is 316. The van der Waals surface area contributed by atoms with Crippen LogP contribution in [0.15, 0.2) is 0 Å². The molecular weight excluding hydrogens is 252 g/mol. The number of nitrogens with zero attached hydrogens (tertiary/aromatic N) is 2. The van der Waals surface area contributed by atoms with Crippen LogP contribution >= 0.6 is 0 Å². The monoisotopic (exact) mass is 282 g/mol. The predicted octanol–water partition coefficient (Wildman–Crippen LogP) is 2.14. The molecule has 2 aliphatic rings. The zero-order chi connectivity index (χ0) is 14.6. The van der Waals surface area contributed by atoms with E-state index in [0.29, 0.717) is 11.8 Å². The first kappa shape index (κ1) is 15.8. The number of ether oxygens (including phenoxy) is 1. The summed E-state index contributed by atoms with van der Waals surface area (Å²) in [6, 6.07) is 0. The second kappa shape index (κ2) is 6.90. The third kappa shape index (κ3) is 3.34. The summed E-state index contributed by atoms with van der Waals surface area (Å²) in [5, 5.41) is 0. The van der Waals surface area contributed by atoms with Gasteiger partial charge in [0, 0.05) is 38.3 Å². The van der Waals surface area contributed by atoms with Gasteiger partial charge >= 0.3 is 0 Å². The van der Waals surface area contributed by atoms with Gasteiger partial charge in [0.25, 0.3) is 0 Å². The number of carbonyl (C=O) groups excluding carboxylic acids is 1. The molecule has 4 nitrogen and oxygen atoms in total. The smallest absolute Gasteiger partial charge is 0.225 e. The second-order valence-corrected chi connectivity index (χ2v) is 6.67. The Morgan fingerprint density at radius 1 is 1.25 bits per heavy atom. The second-order valence-electron chi connectivity index (χ2n) is 6.67. The quantitative estimate of drug-likeness (QED) is 0.774. The molecule has 4 heteroatoms. The highest BCUT2D eigenvalue weighted by molar-refractivity contribution is 5.79. The van der Waals surface area contributed by atoms with Crippen molar-refractivity contribution in [3.63, 3.8) is 0 Å². The first-order chi connectivity index (χ1) is 9.59. The van der Waals surface area contributed by atoms with Crippen molar-refractivity contribution in [2.24, 2.45) is 5.92 Å². The average Bonchev–Trinajstić information content (AvgIpc) is 2.99. The molecule has 116 valence electrons. The lowest BCUT2D eigenvalue weighted by atomic mass is 9.83. The van der Waals surface area contributed by atoms with Gasteiger partial charge in [-0.25, -0.2) is 0 Å². The minimum Gasteiger partial charge on any atom is -0.385 e. The van der Waals surface area contributed by atoms with Gasteiger partial charge in [-0.3, -0.25) is 4.79 Å². The Kier molecular flexibility index (Phi) is 5.44. The van der Waals surface area contributed by atoms with Crippen molar-refractivity contribution >= 4 is 5.91 Å². The molecule has 0 radical (unpaired) electrons. The highest BCUT2D eigenvalue weighted by Crippen LogP contribution is 2.33. The number of methoxy groups -OCH3 is 1. The van der Waals surface area contributed by atoms with Crippen molar-refractivity contribution in [3.8, 4) is 0 Å². The van der Waals surface area contributed by atoms with Gasteiger partial charge in [0.2, 0.25) is 5.91 Å². The van der Waals surface area contributed by atoms with Crippen LogP contribution < -0.4 is 0 Å². The van der Waals surface area contributed by atoms with Crippen LogP contribution in [0.25, 0.3) is 0 Å². The van der Waals surface area contributed by atoms with E-state index in [0.717, 1.165) is 51.8 Å². The Morgan fingerprint density at radius 3 is 2.35 bits per heavy atom. The molecule has 0 bridgehead atoms. The lowest BCUT2D eigenvalue weighted by Gasteiger charge is -2.46. The molecule has 0 aromatic carbocycles. The van der Waals surface area contributed by atoms with Crippen LogP contribution in [0.5, 0.6) is 0 Å². The molecule has 1 saturated heterocycles. The van der Waals surface area contributed by atoms with Gasteiger partial charge in [-0.05, 0) is 46.2 Å². The summed E-state index contributed by atoms with van der Waals surface area (Å²) in [5.74, 6) is 0.738. The van der Waals surface area contributed by atoms with E-state index in [9.17, 15) is 4.79 Å². The number of carbonyl (C=O) groups is 1. The predicted molar refractivity (Wildman–Crippen MR) is 80.7 cm³/mol. The normalized spacial score (nSPS) is 23.5. The van der Waals surface area contributed by atoms with Crippen LogP contribution in [0.3, 0.4) is 0 Å². The molecule has 1 amide bonds. The van der Waals surface area contributed by atoms with Gasteiger partial charge < -0.3 is 14.5 Å². The number of likely N-dealkylation sites (tertiary alicyclic amines) is 1. The number of rotatable bonds is 5. The van der Waals surface area contributed by atoms with E-state index in [1.165, 1.54) is 12.8 Å². The fourth-order valence-corrected chi connectivity index (χ4v) is 3.79. The minimum absolute atomic E-state index is 0.211. The first-order valence-corrected chi connectivity index (χ1v) is 8.04. The fraction of sp³-hybridized carbons (Fsp3) is 0.938. The highest BCUT2D eigenvalue weighted by Gasteiger charge is 2.38. The summed E-state index contributed by atoms with van der Waals surface area (Å²) in [6.45, 7) is 2.63. The maximum atomic E-state index is 12.5. The summed E-state index contributed by atoms with van der Waals surface area (Å²) in [4.78, 5) is 16.9. The summed E-state index contributed by atoms with van der Waals surface area (Å²) in [6.07, 6.45) is 7.89. The molecule has 0 atom stereocenters. The van der Waals surface area contributed by atoms with Gasteiger partial charge in [0.15, 0.2) is 0 Å². The highest BCUT2D eigenvalue weighted by atomic mass is 16.5. The number of hydrogen-bond acceptors (Lipinski definition) is 3. The summed E-state index contributed by atoms with van der Waals surface area (Å²) in [5.41, 5.74) is 0.211. The molecule has 1 aliphatic heterocycles. The molecule has 0 spiro atoms. The van der Waals surface area contributed by atoms with Crippen molar-refractivity contribution in [3.05, 3.63) is 0 Å². The van der Waals surface area contributed by atoms with Crippen molar-refractivity contribution in [1.29, 1.82) is 0 Å². The molecular formula is C16H30N2O2. The van der Waals surface area contributed by atoms with E-state index in [1.807, 2.05) is 0 Å². The standard InChI is InChI=1S/C16H30N2O2/c1-17(2)16(10-13-20-3)8-11-18(12-9-16)15(19)14-6-4-5-7-14/h14H,4-13H2,1-3H3. The largest absolute Gasteiger partial charge is 0.385 e. The Morgan fingerprint density at radius 2 is 1.85 bits per heavy atom.